The molecule has 2 N–H and O–H groups in total. The smallest absolute Gasteiger partial charge is 0.252 e. The maximum Gasteiger partial charge on any atom is 0.252 e. The van der Waals surface area contributed by atoms with Crippen LogP contribution in [0, 0.1) is 0 Å². The SMILES string of the molecule is CCNc1ccc(C(=O)NCCOCC)cn1. The zero-order valence-electron chi connectivity index (χ0n) is 10.3. The van der Waals surface area contributed by atoms with Gasteiger partial charge < -0.3 is 15.4 Å². The minimum Gasteiger partial charge on any atom is -0.380 e. The fraction of sp³-hybridized carbons (Fsp3) is 0.500. The molecule has 0 fully saturated rings. The standard InChI is InChI=1S/C12H19N3O2/c1-3-13-11-6-5-10(9-15-11)12(16)14-7-8-17-4-2/h5-6,9H,3-4,7-8H2,1-2H3,(H,13,15)(H,14,16). The average Bonchev–Trinajstić information content (AvgIpc) is 2.36. The largest absolute Gasteiger partial charge is 0.380 e. The van der Waals surface area contributed by atoms with E-state index in [1.54, 1.807) is 18.3 Å². The number of pyridine rings is 1. The molecule has 1 amide bonds. The van der Waals surface area contributed by atoms with E-state index < -0.39 is 0 Å². The number of carbonyl (C=O) groups is 1. The van der Waals surface area contributed by atoms with Crippen LogP contribution in [0.2, 0.25) is 0 Å². The van der Waals surface area contributed by atoms with Gasteiger partial charge in [-0.2, -0.15) is 0 Å². The topological polar surface area (TPSA) is 63.2 Å². The van der Waals surface area contributed by atoms with Crippen LogP contribution in [0.15, 0.2) is 18.3 Å². The maximum absolute atomic E-state index is 11.6. The number of hydrogen-bond acceptors (Lipinski definition) is 4. The number of rotatable bonds is 7. The first-order chi connectivity index (χ1) is 8.27. The van der Waals surface area contributed by atoms with Crippen molar-refractivity contribution >= 4 is 11.7 Å². The summed E-state index contributed by atoms with van der Waals surface area (Å²) in [5, 5.41) is 5.83. The number of amides is 1. The third-order valence-electron chi connectivity index (χ3n) is 2.12. The van der Waals surface area contributed by atoms with Crippen molar-refractivity contribution in [3.05, 3.63) is 23.9 Å². The van der Waals surface area contributed by atoms with E-state index in [4.69, 9.17) is 4.74 Å². The molecule has 94 valence electrons. The van der Waals surface area contributed by atoms with Crippen molar-refractivity contribution in [1.29, 1.82) is 0 Å². The Morgan fingerprint density at radius 3 is 2.82 bits per heavy atom. The first kappa shape index (κ1) is 13.4. The van der Waals surface area contributed by atoms with Crippen molar-refractivity contribution in [3.63, 3.8) is 0 Å². The summed E-state index contributed by atoms with van der Waals surface area (Å²) in [6, 6.07) is 3.54. The van der Waals surface area contributed by atoms with Crippen molar-refractivity contribution in [3.8, 4) is 0 Å². The molecule has 0 aliphatic rings. The van der Waals surface area contributed by atoms with Crippen LogP contribution in [0.3, 0.4) is 0 Å². The van der Waals surface area contributed by atoms with Crippen LogP contribution >= 0.6 is 0 Å². The van der Waals surface area contributed by atoms with E-state index in [2.05, 4.69) is 15.6 Å². The number of aromatic nitrogens is 1. The summed E-state index contributed by atoms with van der Waals surface area (Å²) in [6.45, 7) is 6.44. The molecule has 0 atom stereocenters. The quantitative estimate of drug-likeness (QED) is 0.701. The first-order valence-electron chi connectivity index (χ1n) is 5.83. The molecule has 5 heteroatoms. The molecule has 0 spiro atoms. The van der Waals surface area contributed by atoms with Crippen LogP contribution in [-0.4, -0.2) is 37.2 Å². The summed E-state index contributed by atoms with van der Waals surface area (Å²) < 4.78 is 5.13. The molecule has 0 radical (unpaired) electrons. The highest BCUT2D eigenvalue weighted by molar-refractivity contribution is 5.94. The Kier molecular flexibility index (Phi) is 6.03. The zero-order chi connectivity index (χ0) is 12.5. The molecule has 5 nitrogen and oxygen atoms in total. The Hall–Kier alpha value is -1.62. The molecule has 0 aromatic carbocycles. The van der Waals surface area contributed by atoms with E-state index in [0.29, 0.717) is 25.3 Å². The molecule has 0 aliphatic carbocycles. The normalized spacial score (nSPS) is 10.0. The van der Waals surface area contributed by atoms with Crippen LogP contribution in [0.1, 0.15) is 24.2 Å². The highest BCUT2D eigenvalue weighted by atomic mass is 16.5. The van der Waals surface area contributed by atoms with Gasteiger partial charge in [-0.25, -0.2) is 4.98 Å². The molecule has 1 rings (SSSR count). The van der Waals surface area contributed by atoms with Crippen LogP contribution in [0.4, 0.5) is 5.82 Å². The van der Waals surface area contributed by atoms with Crippen molar-refractivity contribution in [2.24, 2.45) is 0 Å². The second-order valence-electron chi connectivity index (χ2n) is 3.42. The monoisotopic (exact) mass is 237 g/mol. The van der Waals surface area contributed by atoms with Gasteiger partial charge in [0.1, 0.15) is 5.82 Å². The van der Waals surface area contributed by atoms with Crippen molar-refractivity contribution < 1.29 is 9.53 Å². The zero-order valence-corrected chi connectivity index (χ0v) is 10.3. The lowest BCUT2D eigenvalue weighted by molar-refractivity contribution is 0.0922. The minimum atomic E-state index is -0.125. The summed E-state index contributed by atoms with van der Waals surface area (Å²) in [7, 11) is 0. The molecule has 0 saturated carbocycles. The average molecular weight is 237 g/mol. The molecule has 0 aliphatic heterocycles. The molecule has 0 bridgehead atoms. The second kappa shape index (κ2) is 7.62. The van der Waals surface area contributed by atoms with Crippen molar-refractivity contribution in [1.82, 2.24) is 10.3 Å². The Balaban J connectivity index is 2.40. The minimum absolute atomic E-state index is 0.125. The highest BCUT2D eigenvalue weighted by Crippen LogP contribution is 2.04. The van der Waals surface area contributed by atoms with Gasteiger partial charge in [-0.05, 0) is 26.0 Å². The fourth-order valence-electron chi connectivity index (χ4n) is 1.30. The second-order valence-corrected chi connectivity index (χ2v) is 3.42. The van der Waals surface area contributed by atoms with Gasteiger partial charge in [0.2, 0.25) is 0 Å². The molecule has 1 aromatic rings. The van der Waals surface area contributed by atoms with Crippen LogP contribution in [0.5, 0.6) is 0 Å². The predicted octanol–water partition coefficient (Wildman–Crippen LogP) is 1.28. The van der Waals surface area contributed by atoms with E-state index in [1.807, 2.05) is 13.8 Å². The van der Waals surface area contributed by atoms with Gasteiger partial charge in [-0.3, -0.25) is 4.79 Å². The molecule has 1 heterocycles. The molecule has 0 saturated heterocycles. The first-order valence-corrected chi connectivity index (χ1v) is 5.83. The van der Waals surface area contributed by atoms with Gasteiger partial charge in [0.15, 0.2) is 0 Å². The summed E-state index contributed by atoms with van der Waals surface area (Å²) >= 11 is 0. The lowest BCUT2D eigenvalue weighted by atomic mass is 10.2. The van der Waals surface area contributed by atoms with E-state index in [0.717, 1.165) is 12.4 Å². The van der Waals surface area contributed by atoms with Crippen LogP contribution < -0.4 is 10.6 Å². The lowest BCUT2D eigenvalue weighted by Gasteiger charge is -2.06. The number of carbonyl (C=O) groups excluding carboxylic acids is 1. The lowest BCUT2D eigenvalue weighted by Crippen LogP contribution is -2.27. The Bertz CT molecular complexity index is 338. The molecular formula is C12H19N3O2. The summed E-state index contributed by atoms with van der Waals surface area (Å²) in [4.78, 5) is 15.8. The third-order valence-corrected chi connectivity index (χ3v) is 2.12. The van der Waals surface area contributed by atoms with Crippen LogP contribution in [0.25, 0.3) is 0 Å². The predicted molar refractivity (Wildman–Crippen MR) is 67.2 cm³/mol. The Labute approximate surface area is 102 Å². The molecule has 17 heavy (non-hydrogen) atoms. The maximum atomic E-state index is 11.6. The third kappa shape index (κ3) is 4.82. The van der Waals surface area contributed by atoms with Crippen molar-refractivity contribution in [2.75, 3.05) is 31.6 Å². The van der Waals surface area contributed by atoms with Gasteiger partial charge in [-0.15, -0.1) is 0 Å². The van der Waals surface area contributed by atoms with Gasteiger partial charge in [0, 0.05) is 25.9 Å². The Morgan fingerprint density at radius 1 is 1.41 bits per heavy atom. The number of anilines is 1. The summed E-state index contributed by atoms with van der Waals surface area (Å²) in [6.07, 6.45) is 1.56. The van der Waals surface area contributed by atoms with Gasteiger partial charge >= 0.3 is 0 Å². The number of nitrogens with one attached hydrogen (secondary N) is 2. The fourth-order valence-corrected chi connectivity index (χ4v) is 1.30. The van der Waals surface area contributed by atoms with E-state index in [9.17, 15) is 4.79 Å². The van der Waals surface area contributed by atoms with E-state index in [-0.39, 0.29) is 5.91 Å². The summed E-state index contributed by atoms with van der Waals surface area (Å²) in [5.41, 5.74) is 0.558. The Morgan fingerprint density at radius 2 is 2.24 bits per heavy atom. The number of hydrogen-bond donors (Lipinski definition) is 2. The molecular weight excluding hydrogens is 218 g/mol. The van der Waals surface area contributed by atoms with Gasteiger partial charge in [0.05, 0.1) is 12.2 Å². The summed E-state index contributed by atoms with van der Waals surface area (Å²) in [5.74, 6) is 0.651. The van der Waals surface area contributed by atoms with Crippen LogP contribution in [-0.2, 0) is 4.74 Å². The molecule has 0 unspecified atom stereocenters. The van der Waals surface area contributed by atoms with Gasteiger partial charge in [0.25, 0.3) is 5.91 Å². The van der Waals surface area contributed by atoms with Crippen molar-refractivity contribution in [2.45, 2.75) is 13.8 Å². The number of nitrogens with zero attached hydrogens (tertiary/aromatic N) is 1. The van der Waals surface area contributed by atoms with E-state index >= 15 is 0 Å². The molecule has 1 aromatic heterocycles. The number of ether oxygens (including phenoxy) is 1. The highest BCUT2D eigenvalue weighted by Gasteiger charge is 2.04. The van der Waals surface area contributed by atoms with E-state index in [1.165, 1.54) is 0 Å². The van der Waals surface area contributed by atoms with Gasteiger partial charge in [-0.1, -0.05) is 0 Å².